The monoisotopic (exact) mass is 555 g/mol. The van der Waals surface area contributed by atoms with Gasteiger partial charge in [-0.3, -0.25) is 15.0 Å². The third-order valence-corrected chi connectivity index (χ3v) is 6.42. The number of carbonyl (C=O) groups excluding carboxylic acids is 2. The zero-order valence-corrected chi connectivity index (χ0v) is 24.2. The summed E-state index contributed by atoms with van der Waals surface area (Å²) in [5.74, 6) is 0.308. The number of phenolic OH excluding ortho intramolecular Hbond substituents is 1. The van der Waals surface area contributed by atoms with E-state index < -0.39 is 0 Å². The Morgan fingerprint density at radius 2 is 1.61 bits per heavy atom. The van der Waals surface area contributed by atoms with Crippen molar-refractivity contribution in [3.05, 3.63) is 69.3 Å². The predicted octanol–water partition coefficient (Wildman–Crippen LogP) is 5.74. The van der Waals surface area contributed by atoms with E-state index in [1.807, 2.05) is 59.7 Å². The molecule has 0 radical (unpaired) electrons. The number of ketones is 1. The first kappa shape index (κ1) is 29.3. The van der Waals surface area contributed by atoms with Crippen molar-refractivity contribution in [2.24, 2.45) is 0 Å². The fourth-order valence-electron chi connectivity index (χ4n) is 4.35. The van der Waals surface area contributed by atoms with E-state index in [0.29, 0.717) is 23.5 Å². The number of nitrogens with one attached hydrogen (secondary N) is 2. The van der Waals surface area contributed by atoms with Crippen molar-refractivity contribution in [2.75, 3.05) is 13.6 Å². The van der Waals surface area contributed by atoms with Gasteiger partial charge in [0.05, 0.1) is 6.54 Å². The molecule has 0 atom stereocenters. The van der Waals surface area contributed by atoms with Gasteiger partial charge in [-0.15, -0.1) is 17.0 Å². The molecule has 1 aliphatic rings. The van der Waals surface area contributed by atoms with Crippen LogP contribution in [0.4, 0.5) is 0 Å². The van der Waals surface area contributed by atoms with Crippen molar-refractivity contribution in [2.45, 2.75) is 65.8 Å². The Hall–Kier alpha value is -2.93. The Balaban J connectivity index is 0.00000456. The van der Waals surface area contributed by atoms with Gasteiger partial charge < -0.3 is 15.3 Å². The summed E-state index contributed by atoms with van der Waals surface area (Å²) in [6.45, 7) is 14.4. The molecule has 0 saturated carbocycles. The maximum Gasteiger partial charge on any atom is 0.246 e. The normalized spacial score (nSPS) is 13.8. The van der Waals surface area contributed by atoms with E-state index in [1.54, 1.807) is 37.1 Å². The standard InChI is InChI=1S/C29H37N3O3.BrH/c1-17(27(35)31-8)11-18-9-10-19-15-32(26(30)21(19)12-18)16-24(33)20-13-22(28(2,3)4)25(34)23(14-20)29(5,6)7;/h9-14,30,34H,15-16H2,1-8H3,(H,31,35);1H. The summed E-state index contributed by atoms with van der Waals surface area (Å²) in [4.78, 5) is 27.0. The summed E-state index contributed by atoms with van der Waals surface area (Å²) < 4.78 is 0. The number of Topliss-reactive ketones (excluding diaryl/α,β-unsaturated/α-hetero) is 1. The second kappa shape index (κ2) is 10.6. The van der Waals surface area contributed by atoms with E-state index in [-0.39, 0.29) is 51.8 Å². The average Bonchev–Trinajstić information content (AvgIpc) is 3.06. The first-order valence-electron chi connectivity index (χ1n) is 11.9. The minimum atomic E-state index is -0.326. The zero-order chi connectivity index (χ0) is 26.3. The molecular weight excluding hydrogens is 518 g/mol. The summed E-state index contributed by atoms with van der Waals surface area (Å²) in [7, 11) is 1.59. The van der Waals surface area contributed by atoms with Gasteiger partial charge in [-0.2, -0.15) is 0 Å². The van der Waals surface area contributed by atoms with Crippen LogP contribution in [0.5, 0.6) is 5.75 Å². The molecule has 1 heterocycles. The van der Waals surface area contributed by atoms with Crippen LogP contribution in [0.3, 0.4) is 0 Å². The molecule has 2 aromatic carbocycles. The number of carbonyl (C=O) groups is 2. The second-order valence-corrected chi connectivity index (χ2v) is 11.4. The number of rotatable bonds is 5. The maximum absolute atomic E-state index is 13.4. The van der Waals surface area contributed by atoms with Gasteiger partial charge in [0.15, 0.2) is 5.78 Å². The molecule has 0 spiro atoms. The second-order valence-electron chi connectivity index (χ2n) is 11.4. The van der Waals surface area contributed by atoms with Crippen LogP contribution in [0, 0.1) is 5.41 Å². The van der Waals surface area contributed by atoms with Gasteiger partial charge in [0.2, 0.25) is 5.91 Å². The number of aromatic hydroxyl groups is 1. The zero-order valence-electron chi connectivity index (χ0n) is 22.5. The van der Waals surface area contributed by atoms with E-state index in [4.69, 9.17) is 5.41 Å². The highest BCUT2D eigenvalue weighted by Gasteiger charge is 2.30. The fraction of sp³-hybridized carbons (Fsp3) is 0.414. The Morgan fingerprint density at radius 3 is 2.11 bits per heavy atom. The van der Waals surface area contributed by atoms with Crippen molar-refractivity contribution in [1.29, 1.82) is 5.41 Å². The average molecular weight is 557 g/mol. The topological polar surface area (TPSA) is 93.5 Å². The number of benzene rings is 2. The van der Waals surface area contributed by atoms with Crippen LogP contribution in [0.1, 0.15) is 86.6 Å². The Morgan fingerprint density at radius 1 is 1.06 bits per heavy atom. The number of hydrogen-bond acceptors (Lipinski definition) is 4. The van der Waals surface area contributed by atoms with Crippen LogP contribution in [0.25, 0.3) is 6.08 Å². The minimum Gasteiger partial charge on any atom is -0.507 e. The lowest BCUT2D eigenvalue weighted by Gasteiger charge is -2.28. The summed E-state index contributed by atoms with van der Waals surface area (Å²) >= 11 is 0. The number of amidine groups is 1. The first-order valence-corrected chi connectivity index (χ1v) is 11.9. The van der Waals surface area contributed by atoms with E-state index >= 15 is 0 Å². The van der Waals surface area contributed by atoms with Crippen molar-refractivity contribution in [3.63, 3.8) is 0 Å². The molecule has 2 aromatic rings. The van der Waals surface area contributed by atoms with Gasteiger partial charge >= 0.3 is 0 Å². The molecule has 6 nitrogen and oxygen atoms in total. The van der Waals surface area contributed by atoms with Gasteiger partial charge in [-0.05, 0) is 53.2 Å². The molecule has 0 bridgehead atoms. The number of halogens is 1. The molecule has 0 saturated heterocycles. The lowest BCUT2D eigenvalue weighted by Crippen LogP contribution is -2.30. The molecule has 0 aliphatic carbocycles. The van der Waals surface area contributed by atoms with Gasteiger partial charge in [0.1, 0.15) is 11.6 Å². The highest BCUT2D eigenvalue weighted by atomic mass is 79.9. The smallest absolute Gasteiger partial charge is 0.246 e. The molecule has 1 aliphatic heterocycles. The van der Waals surface area contributed by atoms with Crippen molar-refractivity contribution >= 4 is 40.6 Å². The van der Waals surface area contributed by atoms with Gasteiger partial charge in [-0.1, -0.05) is 53.7 Å². The van der Waals surface area contributed by atoms with Crippen LogP contribution >= 0.6 is 17.0 Å². The molecule has 3 N–H and O–H groups in total. The quantitative estimate of drug-likeness (QED) is 0.324. The predicted molar refractivity (Wildman–Crippen MR) is 152 cm³/mol. The lowest BCUT2D eigenvalue weighted by molar-refractivity contribution is -0.116. The SMILES string of the molecule is Br.CNC(=O)C(C)=Cc1ccc2c(c1)C(=N)N(CC(=O)c1cc(C(C)(C)C)c(O)c(C(C)(C)C)c1)C2. The summed E-state index contributed by atoms with van der Waals surface area (Å²) in [5, 5.41) is 22.3. The molecule has 0 unspecified atom stereocenters. The largest absolute Gasteiger partial charge is 0.507 e. The first-order chi connectivity index (χ1) is 16.1. The maximum atomic E-state index is 13.4. The Labute approximate surface area is 225 Å². The molecule has 7 heteroatoms. The molecule has 3 rings (SSSR count). The molecule has 1 amide bonds. The fourth-order valence-corrected chi connectivity index (χ4v) is 4.35. The van der Waals surface area contributed by atoms with Crippen LogP contribution in [-0.4, -0.2) is 41.1 Å². The molecule has 0 aromatic heterocycles. The van der Waals surface area contributed by atoms with Crippen LogP contribution in [-0.2, 0) is 22.2 Å². The Kier molecular flexibility index (Phi) is 8.62. The van der Waals surface area contributed by atoms with Crippen LogP contribution in [0.2, 0.25) is 0 Å². The Bertz CT molecular complexity index is 1200. The van der Waals surface area contributed by atoms with Crippen molar-refractivity contribution in [3.8, 4) is 5.75 Å². The third-order valence-electron chi connectivity index (χ3n) is 6.42. The van der Waals surface area contributed by atoms with Crippen molar-refractivity contribution in [1.82, 2.24) is 10.2 Å². The minimum absolute atomic E-state index is 0. The molecule has 0 fully saturated rings. The molecular formula is C29H38BrN3O3. The molecule has 36 heavy (non-hydrogen) atoms. The van der Waals surface area contributed by atoms with Gasteiger partial charge in [0, 0.05) is 41.4 Å². The highest BCUT2D eigenvalue weighted by molar-refractivity contribution is 8.93. The van der Waals surface area contributed by atoms with Crippen LogP contribution < -0.4 is 5.32 Å². The van der Waals surface area contributed by atoms with Crippen molar-refractivity contribution < 1.29 is 14.7 Å². The number of nitrogens with zero attached hydrogens (tertiary/aromatic N) is 1. The number of hydrogen-bond donors (Lipinski definition) is 3. The highest BCUT2D eigenvalue weighted by Crippen LogP contribution is 2.40. The van der Waals surface area contributed by atoms with Gasteiger partial charge in [-0.25, -0.2) is 0 Å². The van der Waals surface area contributed by atoms with E-state index in [9.17, 15) is 14.7 Å². The lowest BCUT2D eigenvalue weighted by atomic mass is 9.78. The van der Waals surface area contributed by atoms with Crippen LogP contribution in [0.15, 0.2) is 35.9 Å². The van der Waals surface area contributed by atoms with E-state index in [0.717, 1.165) is 27.8 Å². The number of amides is 1. The summed E-state index contributed by atoms with van der Waals surface area (Å²) in [5.41, 5.74) is 4.56. The number of phenols is 1. The van der Waals surface area contributed by atoms with E-state index in [1.165, 1.54) is 0 Å². The third kappa shape index (κ3) is 6.06. The van der Waals surface area contributed by atoms with E-state index in [2.05, 4.69) is 5.32 Å². The van der Waals surface area contributed by atoms with Gasteiger partial charge in [0.25, 0.3) is 0 Å². The summed E-state index contributed by atoms with van der Waals surface area (Å²) in [6.07, 6.45) is 1.79. The number of fused-ring (bicyclic) bond motifs is 1. The molecule has 194 valence electrons. The number of likely N-dealkylation sites (N-methyl/N-ethyl adjacent to an activating group) is 1. The summed E-state index contributed by atoms with van der Waals surface area (Å²) in [6, 6.07) is 9.36.